The number of ether oxygens (including phenoxy) is 1. The van der Waals surface area contributed by atoms with Gasteiger partial charge in [0.15, 0.2) is 12.4 Å². The van der Waals surface area contributed by atoms with E-state index in [1.165, 1.54) is 25.7 Å². The summed E-state index contributed by atoms with van der Waals surface area (Å²) < 4.78 is 11.0. The lowest BCUT2D eigenvalue weighted by Crippen LogP contribution is -2.39. The van der Waals surface area contributed by atoms with Crippen molar-refractivity contribution < 1.29 is 14.1 Å². The van der Waals surface area contributed by atoms with E-state index in [1.807, 2.05) is 35.2 Å². The Bertz CT molecular complexity index is 755. The average molecular weight is 383 g/mol. The van der Waals surface area contributed by atoms with Crippen LogP contribution in [-0.4, -0.2) is 34.0 Å². The first kappa shape index (κ1) is 19.0. The third-order valence-electron chi connectivity index (χ3n) is 5.97. The summed E-state index contributed by atoms with van der Waals surface area (Å²) in [5, 5.41) is 4.15. The summed E-state index contributed by atoms with van der Waals surface area (Å²) in [7, 11) is 0. The number of piperidine rings is 1. The van der Waals surface area contributed by atoms with Gasteiger partial charge in [0.2, 0.25) is 5.91 Å². The third kappa shape index (κ3) is 4.91. The molecule has 150 valence electrons. The van der Waals surface area contributed by atoms with Gasteiger partial charge in [-0.15, -0.1) is 0 Å². The largest absolute Gasteiger partial charge is 0.484 e. The molecule has 1 saturated carbocycles. The highest BCUT2D eigenvalue weighted by Gasteiger charge is 2.28. The minimum Gasteiger partial charge on any atom is -0.484 e. The first-order valence-electron chi connectivity index (χ1n) is 10.6. The molecule has 2 fully saturated rings. The molecule has 6 nitrogen and oxygen atoms in total. The molecule has 1 aliphatic heterocycles. The maximum Gasteiger partial charge on any atom is 0.264 e. The van der Waals surface area contributed by atoms with E-state index in [1.54, 1.807) is 0 Å². The zero-order chi connectivity index (χ0) is 19.2. The summed E-state index contributed by atoms with van der Waals surface area (Å²) in [5.41, 5.74) is 0. The van der Waals surface area contributed by atoms with Crippen LogP contribution in [0.5, 0.6) is 5.75 Å². The fourth-order valence-electron chi connectivity index (χ4n) is 4.35. The summed E-state index contributed by atoms with van der Waals surface area (Å²) in [4.78, 5) is 19.1. The van der Waals surface area contributed by atoms with Crippen molar-refractivity contribution in [1.82, 2.24) is 15.0 Å². The zero-order valence-electron chi connectivity index (χ0n) is 16.4. The van der Waals surface area contributed by atoms with Crippen LogP contribution in [0.4, 0.5) is 0 Å². The lowest BCUT2D eigenvalue weighted by Gasteiger charge is -2.31. The van der Waals surface area contributed by atoms with Crippen molar-refractivity contribution in [3.05, 3.63) is 42.0 Å². The van der Waals surface area contributed by atoms with Crippen molar-refractivity contribution >= 4 is 5.91 Å². The highest BCUT2D eigenvalue weighted by molar-refractivity contribution is 5.76. The molecule has 2 aliphatic rings. The summed E-state index contributed by atoms with van der Waals surface area (Å²) in [6.45, 7) is 1.80. The molecule has 1 unspecified atom stereocenters. The molecule has 0 spiro atoms. The summed E-state index contributed by atoms with van der Waals surface area (Å²) in [5.74, 6) is 3.14. The number of benzene rings is 1. The van der Waals surface area contributed by atoms with Gasteiger partial charge in [-0.25, -0.2) is 0 Å². The molecule has 2 heterocycles. The molecule has 1 saturated heterocycles. The molecule has 0 bridgehead atoms. The van der Waals surface area contributed by atoms with Crippen molar-refractivity contribution in [3.8, 4) is 5.75 Å². The molecule has 6 heteroatoms. The number of rotatable bonds is 7. The van der Waals surface area contributed by atoms with Crippen LogP contribution >= 0.6 is 0 Å². The fraction of sp³-hybridized carbons (Fsp3) is 0.591. The fourth-order valence-corrected chi connectivity index (χ4v) is 4.35. The Labute approximate surface area is 166 Å². The Hall–Kier alpha value is -2.37. The number of carbonyl (C=O) groups excluding carboxylic acids is 1. The van der Waals surface area contributed by atoms with E-state index in [2.05, 4.69) is 10.1 Å². The quantitative estimate of drug-likeness (QED) is 0.712. The molecular formula is C22H29N3O3. The van der Waals surface area contributed by atoms with Crippen LogP contribution < -0.4 is 4.74 Å². The standard InChI is InChI=1S/C22H29N3O3/c26-21(13-12-17-7-4-5-8-17)25-14-6-9-18(15-25)22-23-20(28-24-22)16-27-19-10-2-1-3-11-19/h1-3,10-11,17-18H,4-9,12-16H2. The van der Waals surface area contributed by atoms with Crippen LogP contribution in [0.3, 0.4) is 0 Å². The van der Waals surface area contributed by atoms with Crippen LogP contribution in [0.25, 0.3) is 0 Å². The Morgan fingerprint density at radius 3 is 2.79 bits per heavy atom. The highest BCUT2D eigenvalue weighted by Crippen LogP contribution is 2.30. The van der Waals surface area contributed by atoms with Gasteiger partial charge in [-0.1, -0.05) is 49.0 Å². The van der Waals surface area contributed by atoms with Crippen molar-refractivity contribution in [2.75, 3.05) is 13.1 Å². The average Bonchev–Trinajstić information content (AvgIpc) is 3.43. The highest BCUT2D eigenvalue weighted by atomic mass is 16.5. The SMILES string of the molecule is O=C(CCC1CCCC1)N1CCCC(c2noc(COc3ccccc3)n2)C1. The summed E-state index contributed by atoms with van der Waals surface area (Å²) in [6.07, 6.45) is 8.97. The first-order valence-corrected chi connectivity index (χ1v) is 10.6. The van der Waals surface area contributed by atoms with Gasteiger partial charge in [0.25, 0.3) is 5.89 Å². The van der Waals surface area contributed by atoms with Gasteiger partial charge in [-0.3, -0.25) is 4.79 Å². The van der Waals surface area contributed by atoms with E-state index >= 15 is 0 Å². The van der Waals surface area contributed by atoms with E-state index in [4.69, 9.17) is 9.26 Å². The van der Waals surface area contributed by atoms with Crippen molar-refractivity contribution in [3.63, 3.8) is 0 Å². The van der Waals surface area contributed by atoms with Gasteiger partial charge in [0.1, 0.15) is 5.75 Å². The molecule has 2 aromatic rings. The van der Waals surface area contributed by atoms with Crippen LogP contribution in [0.1, 0.15) is 69.0 Å². The van der Waals surface area contributed by atoms with E-state index in [0.717, 1.165) is 37.5 Å². The molecule has 1 aliphatic carbocycles. The minimum absolute atomic E-state index is 0.151. The van der Waals surface area contributed by atoms with Gasteiger partial charge in [0.05, 0.1) is 0 Å². The number of nitrogens with zero attached hydrogens (tertiary/aromatic N) is 3. The van der Waals surface area contributed by atoms with Crippen LogP contribution in [0.2, 0.25) is 0 Å². The number of aromatic nitrogens is 2. The number of hydrogen-bond donors (Lipinski definition) is 0. The zero-order valence-corrected chi connectivity index (χ0v) is 16.4. The van der Waals surface area contributed by atoms with Crippen molar-refractivity contribution in [2.24, 2.45) is 5.92 Å². The number of para-hydroxylation sites is 1. The number of hydrogen-bond acceptors (Lipinski definition) is 5. The second kappa shape index (κ2) is 9.22. The monoisotopic (exact) mass is 383 g/mol. The second-order valence-electron chi connectivity index (χ2n) is 8.02. The maximum atomic E-state index is 12.6. The number of likely N-dealkylation sites (tertiary alicyclic amines) is 1. The molecule has 1 atom stereocenters. The minimum atomic E-state index is 0.151. The third-order valence-corrected chi connectivity index (χ3v) is 5.97. The topological polar surface area (TPSA) is 68.5 Å². The first-order chi connectivity index (χ1) is 13.8. The lowest BCUT2D eigenvalue weighted by molar-refractivity contribution is -0.132. The molecule has 1 aromatic heterocycles. The summed E-state index contributed by atoms with van der Waals surface area (Å²) in [6, 6.07) is 9.59. The predicted octanol–water partition coefficient (Wildman–Crippen LogP) is 4.33. The molecule has 28 heavy (non-hydrogen) atoms. The maximum absolute atomic E-state index is 12.6. The Morgan fingerprint density at radius 1 is 1.14 bits per heavy atom. The van der Waals surface area contributed by atoms with E-state index < -0.39 is 0 Å². The van der Waals surface area contributed by atoms with Gasteiger partial charge in [0, 0.05) is 25.4 Å². The molecule has 4 rings (SSSR count). The molecular weight excluding hydrogens is 354 g/mol. The smallest absolute Gasteiger partial charge is 0.264 e. The van der Waals surface area contributed by atoms with Gasteiger partial charge in [-0.05, 0) is 37.3 Å². The van der Waals surface area contributed by atoms with Crippen molar-refractivity contribution in [2.45, 2.75) is 63.9 Å². The lowest BCUT2D eigenvalue weighted by atomic mass is 9.96. The second-order valence-corrected chi connectivity index (χ2v) is 8.02. The molecule has 0 N–H and O–H groups in total. The predicted molar refractivity (Wildman–Crippen MR) is 105 cm³/mol. The molecule has 1 amide bonds. The summed E-state index contributed by atoms with van der Waals surface area (Å²) >= 11 is 0. The van der Waals surface area contributed by atoms with E-state index in [9.17, 15) is 4.79 Å². The van der Waals surface area contributed by atoms with Gasteiger partial charge >= 0.3 is 0 Å². The Morgan fingerprint density at radius 2 is 1.96 bits per heavy atom. The van der Waals surface area contributed by atoms with Crippen LogP contribution in [0, 0.1) is 5.92 Å². The Kier molecular flexibility index (Phi) is 6.24. The molecule has 1 aromatic carbocycles. The number of carbonyl (C=O) groups is 1. The van der Waals surface area contributed by atoms with E-state index in [-0.39, 0.29) is 18.4 Å². The van der Waals surface area contributed by atoms with Crippen LogP contribution in [0.15, 0.2) is 34.9 Å². The molecule has 0 radical (unpaired) electrons. The van der Waals surface area contributed by atoms with Gasteiger partial charge < -0.3 is 14.2 Å². The van der Waals surface area contributed by atoms with Crippen molar-refractivity contribution in [1.29, 1.82) is 0 Å². The van der Waals surface area contributed by atoms with E-state index in [0.29, 0.717) is 24.7 Å². The van der Waals surface area contributed by atoms with Crippen LogP contribution in [-0.2, 0) is 11.4 Å². The van der Waals surface area contributed by atoms with Gasteiger partial charge in [-0.2, -0.15) is 4.98 Å². The Balaban J connectivity index is 1.28. The number of amides is 1. The normalized spacial score (nSPS) is 20.4.